The maximum atomic E-state index is 13.8. The van der Waals surface area contributed by atoms with E-state index in [2.05, 4.69) is 4.98 Å². The Balaban J connectivity index is 1.98. The molecule has 0 spiro atoms. The second-order valence-corrected chi connectivity index (χ2v) is 8.27. The monoisotopic (exact) mass is 479 g/mol. The lowest BCUT2D eigenvalue weighted by Crippen LogP contribution is -1.97. The largest absolute Gasteiger partial charge is 0.478 e. The third kappa shape index (κ3) is 4.72. The molecule has 4 aromatic rings. The van der Waals surface area contributed by atoms with E-state index in [4.69, 9.17) is 28.3 Å². The zero-order valence-electron chi connectivity index (χ0n) is 17.7. The lowest BCUT2D eigenvalue weighted by Gasteiger charge is -2.17. The predicted molar refractivity (Wildman–Crippen MR) is 134 cm³/mol. The Bertz CT molecular complexity index is 1400. The van der Waals surface area contributed by atoms with Gasteiger partial charge in [-0.2, -0.15) is 0 Å². The van der Waals surface area contributed by atoms with Crippen LogP contribution >= 0.6 is 23.2 Å². The van der Waals surface area contributed by atoms with E-state index in [1.165, 1.54) is 18.2 Å². The first kappa shape index (κ1) is 22.8. The van der Waals surface area contributed by atoms with Crippen molar-refractivity contribution in [2.24, 2.45) is 0 Å². The molecule has 0 saturated heterocycles. The van der Waals surface area contributed by atoms with Gasteiger partial charge in [0, 0.05) is 22.6 Å². The molecule has 6 heteroatoms. The van der Waals surface area contributed by atoms with Gasteiger partial charge in [0.15, 0.2) is 0 Å². The molecule has 0 radical (unpaired) electrons. The van der Waals surface area contributed by atoms with Gasteiger partial charge in [-0.3, -0.25) is 0 Å². The number of hydrogen-bond donors (Lipinski definition) is 2. The highest BCUT2D eigenvalue weighted by Gasteiger charge is 2.20. The molecule has 0 atom stereocenters. The van der Waals surface area contributed by atoms with Gasteiger partial charge in [-0.15, -0.1) is 0 Å². The molecule has 3 nitrogen and oxygen atoms in total. The van der Waals surface area contributed by atoms with Crippen LogP contribution in [0.3, 0.4) is 0 Å². The molecule has 2 N–H and O–H groups in total. The first-order valence-corrected chi connectivity index (χ1v) is 11.1. The lowest BCUT2D eigenvalue weighted by atomic mass is 9.90. The van der Waals surface area contributed by atoms with Gasteiger partial charge in [-0.05, 0) is 53.0 Å². The molecule has 0 aliphatic carbocycles. The molecule has 0 unspecified atom stereocenters. The van der Waals surface area contributed by atoms with Gasteiger partial charge in [0.1, 0.15) is 5.82 Å². The normalized spacial score (nSPS) is 12.4. The minimum atomic E-state index is -1.01. The zero-order chi connectivity index (χ0) is 23.5. The Kier molecular flexibility index (Phi) is 6.68. The van der Waals surface area contributed by atoms with Crippen molar-refractivity contribution in [2.45, 2.75) is 13.3 Å². The number of H-pyrrole nitrogens is 1. The van der Waals surface area contributed by atoms with Crippen LogP contribution in [0.2, 0.25) is 10.0 Å². The minimum Gasteiger partial charge on any atom is -0.478 e. The van der Waals surface area contributed by atoms with Crippen molar-refractivity contribution < 1.29 is 14.3 Å². The van der Waals surface area contributed by atoms with E-state index in [9.17, 15) is 9.18 Å². The van der Waals surface area contributed by atoms with E-state index < -0.39 is 11.8 Å². The van der Waals surface area contributed by atoms with E-state index in [-0.39, 0.29) is 0 Å². The molecule has 0 saturated carbocycles. The summed E-state index contributed by atoms with van der Waals surface area (Å²) in [7, 11) is 0. The van der Waals surface area contributed by atoms with E-state index in [0.29, 0.717) is 16.5 Å². The highest BCUT2D eigenvalue weighted by Crippen LogP contribution is 2.41. The van der Waals surface area contributed by atoms with Gasteiger partial charge < -0.3 is 10.1 Å². The van der Waals surface area contributed by atoms with Gasteiger partial charge in [-0.25, -0.2) is 9.18 Å². The van der Waals surface area contributed by atoms with Gasteiger partial charge in [0.25, 0.3) is 0 Å². The van der Waals surface area contributed by atoms with Crippen molar-refractivity contribution in [1.82, 2.24) is 4.98 Å². The average Bonchev–Trinajstić information content (AvgIpc) is 3.13. The molecule has 0 fully saturated rings. The number of halogens is 3. The second-order valence-electron chi connectivity index (χ2n) is 7.48. The van der Waals surface area contributed by atoms with E-state index in [0.717, 1.165) is 50.5 Å². The molecular formula is C27H20Cl2FNO2. The summed E-state index contributed by atoms with van der Waals surface area (Å²) in [6.45, 7) is 2.01. The van der Waals surface area contributed by atoms with Crippen LogP contribution in [-0.2, 0) is 4.79 Å². The van der Waals surface area contributed by atoms with Crippen molar-refractivity contribution in [2.75, 3.05) is 0 Å². The topological polar surface area (TPSA) is 53.1 Å². The number of carboxylic acid groups (broad SMARTS) is 1. The number of nitrogens with one attached hydrogen (secondary N) is 1. The SMILES string of the molecule is CCC(=C(c1ccc(C=CC(=O)O)cc1)c1[nH]c2ccccc2c1Cl)c1ccc(F)cc1Cl. The molecule has 0 amide bonds. The Hall–Kier alpha value is -3.34. The molecule has 166 valence electrons. The van der Waals surface area contributed by atoms with Gasteiger partial charge in [0.05, 0.1) is 15.7 Å². The smallest absolute Gasteiger partial charge is 0.328 e. The maximum Gasteiger partial charge on any atom is 0.328 e. The standard InChI is InChI=1S/C27H20Cl2FNO2/c1-2-19(20-13-12-18(30)15-22(20)28)25(17-10-7-16(8-11-17)9-14-24(32)33)27-26(29)21-5-3-4-6-23(21)31-27/h3-15,31H,2H2,1H3,(H,32,33). The number of benzene rings is 3. The Labute approximate surface area is 200 Å². The highest BCUT2D eigenvalue weighted by molar-refractivity contribution is 6.38. The van der Waals surface area contributed by atoms with Crippen molar-refractivity contribution in [1.29, 1.82) is 0 Å². The zero-order valence-corrected chi connectivity index (χ0v) is 19.2. The number of para-hydroxylation sites is 1. The number of fused-ring (bicyclic) bond motifs is 1. The molecule has 1 heterocycles. The number of hydrogen-bond acceptors (Lipinski definition) is 1. The summed E-state index contributed by atoms with van der Waals surface area (Å²) in [6.07, 6.45) is 3.24. The third-order valence-electron chi connectivity index (χ3n) is 5.42. The lowest BCUT2D eigenvalue weighted by molar-refractivity contribution is -0.131. The van der Waals surface area contributed by atoms with Gasteiger partial charge in [0.2, 0.25) is 0 Å². The number of allylic oxidation sites excluding steroid dienone is 1. The van der Waals surface area contributed by atoms with E-state index in [1.807, 2.05) is 55.5 Å². The van der Waals surface area contributed by atoms with Crippen molar-refractivity contribution in [3.05, 3.63) is 111 Å². The van der Waals surface area contributed by atoms with Crippen LogP contribution in [0, 0.1) is 5.82 Å². The molecule has 0 bridgehead atoms. The summed E-state index contributed by atoms with van der Waals surface area (Å²) in [5, 5.41) is 10.7. The minimum absolute atomic E-state index is 0.317. The fourth-order valence-electron chi connectivity index (χ4n) is 3.91. The number of aromatic nitrogens is 1. The summed E-state index contributed by atoms with van der Waals surface area (Å²) >= 11 is 13.3. The highest BCUT2D eigenvalue weighted by atomic mass is 35.5. The number of carbonyl (C=O) groups is 1. The van der Waals surface area contributed by atoms with Crippen molar-refractivity contribution >= 4 is 57.3 Å². The first-order valence-electron chi connectivity index (χ1n) is 10.4. The summed E-state index contributed by atoms with van der Waals surface area (Å²) in [5.41, 5.74) is 5.73. The molecule has 1 aromatic heterocycles. The summed E-state index contributed by atoms with van der Waals surface area (Å²) in [5.74, 6) is -1.41. The Morgan fingerprint density at radius 3 is 2.42 bits per heavy atom. The summed E-state index contributed by atoms with van der Waals surface area (Å²) < 4.78 is 13.8. The quantitative estimate of drug-likeness (QED) is 0.217. The Morgan fingerprint density at radius 2 is 1.79 bits per heavy atom. The predicted octanol–water partition coefficient (Wildman–Crippen LogP) is 8.08. The fourth-order valence-corrected chi connectivity index (χ4v) is 4.50. The van der Waals surface area contributed by atoms with Crippen LogP contribution in [0.1, 0.15) is 35.7 Å². The number of aliphatic carboxylic acids is 1. The molecular weight excluding hydrogens is 460 g/mol. The van der Waals surface area contributed by atoms with Gasteiger partial charge >= 0.3 is 5.97 Å². The van der Waals surface area contributed by atoms with Crippen LogP contribution in [0.5, 0.6) is 0 Å². The van der Waals surface area contributed by atoms with Gasteiger partial charge in [-0.1, -0.05) is 78.7 Å². The van der Waals surface area contributed by atoms with E-state index in [1.54, 1.807) is 6.07 Å². The van der Waals surface area contributed by atoms with Crippen molar-refractivity contribution in [3.63, 3.8) is 0 Å². The van der Waals surface area contributed by atoms with Crippen molar-refractivity contribution in [3.8, 4) is 0 Å². The van der Waals surface area contributed by atoms with Crippen LogP contribution in [0.15, 0.2) is 72.8 Å². The Morgan fingerprint density at radius 1 is 1.06 bits per heavy atom. The van der Waals surface area contributed by atoms with Crippen LogP contribution in [0.4, 0.5) is 4.39 Å². The molecule has 4 rings (SSSR count). The first-order chi connectivity index (χ1) is 15.9. The summed E-state index contributed by atoms with van der Waals surface area (Å²) in [4.78, 5) is 14.3. The molecule has 0 aliphatic heterocycles. The molecule has 3 aromatic carbocycles. The average molecular weight is 480 g/mol. The number of rotatable bonds is 6. The maximum absolute atomic E-state index is 13.8. The van der Waals surface area contributed by atoms with Crippen LogP contribution in [0.25, 0.3) is 28.1 Å². The molecule has 33 heavy (non-hydrogen) atoms. The fraction of sp³-hybridized carbons (Fsp3) is 0.0741. The van der Waals surface area contributed by atoms with Crippen LogP contribution < -0.4 is 0 Å². The third-order valence-corrected chi connectivity index (χ3v) is 6.13. The number of carboxylic acids is 1. The molecule has 0 aliphatic rings. The van der Waals surface area contributed by atoms with Crippen LogP contribution in [-0.4, -0.2) is 16.1 Å². The van der Waals surface area contributed by atoms with E-state index >= 15 is 0 Å². The number of aromatic amines is 1. The second kappa shape index (κ2) is 9.65. The summed E-state index contributed by atoms with van der Waals surface area (Å²) in [6, 6.07) is 19.6.